The van der Waals surface area contributed by atoms with Crippen molar-refractivity contribution in [2.75, 3.05) is 27.2 Å². The van der Waals surface area contributed by atoms with Crippen LogP contribution in [0.5, 0.6) is 0 Å². The van der Waals surface area contributed by atoms with Crippen molar-refractivity contribution in [1.29, 1.82) is 0 Å². The largest absolute Gasteiger partial charge is 0.480 e. The molecule has 0 bridgehead atoms. The van der Waals surface area contributed by atoms with Gasteiger partial charge in [0.25, 0.3) is 0 Å². The zero-order valence-corrected chi connectivity index (χ0v) is 13.7. The normalized spacial score (nSPS) is 18.3. The number of nitrogens with zero attached hydrogens (tertiary/aromatic N) is 1. The SMILES string of the molecule is CN(C)CC(C)(C)CNC(=O)NC1(C(=O)O)CCCCC1. The van der Waals surface area contributed by atoms with Gasteiger partial charge in [0.1, 0.15) is 5.54 Å². The molecule has 2 amide bonds. The molecule has 0 radical (unpaired) electrons. The highest BCUT2D eigenvalue weighted by Crippen LogP contribution is 2.28. The van der Waals surface area contributed by atoms with Gasteiger partial charge in [-0.1, -0.05) is 33.1 Å². The molecule has 0 unspecified atom stereocenters. The maximum atomic E-state index is 12.1. The van der Waals surface area contributed by atoms with Crippen LogP contribution in [0.25, 0.3) is 0 Å². The summed E-state index contributed by atoms with van der Waals surface area (Å²) in [7, 11) is 3.98. The van der Waals surface area contributed by atoms with E-state index in [9.17, 15) is 14.7 Å². The number of nitrogens with one attached hydrogen (secondary N) is 2. The van der Waals surface area contributed by atoms with Crippen molar-refractivity contribution >= 4 is 12.0 Å². The molecule has 6 nitrogen and oxygen atoms in total. The maximum absolute atomic E-state index is 12.1. The fourth-order valence-corrected chi connectivity index (χ4v) is 3.04. The number of urea groups is 1. The van der Waals surface area contributed by atoms with E-state index in [0.717, 1.165) is 25.8 Å². The summed E-state index contributed by atoms with van der Waals surface area (Å²) in [6, 6.07) is -0.383. The lowest BCUT2D eigenvalue weighted by Crippen LogP contribution is -2.58. The molecule has 0 aromatic heterocycles. The first-order valence-corrected chi connectivity index (χ1v) is 7.61. The van der Waals surface area contributed by atoms with Crippen LogP contribution in [0.4, 0.5) is 4.79 Å². The molecule has 1 fully saturated rings. The van der Waals surface area contributed by atoms with Crippen LogP contribution in [0.2, 0.25) is 0 Å². The molecule has 1 rings (SSSR count). The van der Waals surface area contributed by atoms with Gasteiger partial charge in [-0.15, -0.1) is 0 Å². The van der Waals surface area contributed by atoms with E-state index in [2.05, 4.69) is 29.4 Å². The van der Waals surface area contributed by atoms with Crippen LogP contribution in [0.1, 0.15) is 46.0 Å². The number of carbonyl (C=O) groups is 2. The van der Waals surface area contributed by atoms with Crippen molar-refractivity contribution in [1.82, 2.24) is 15.5 Å². The molecule has 0 atom stereocenters. The van der Waals surface area contributed by atoms with E-state index in [1.165, 1.54) is 0 Å². The summed E-state index contributed by atoms with van der Waals surface area (Å²) in [6.07, 6.45) is 3.75. The first kappa shape index (κ1) is 17.8. The molecule has 0 saturated heterocycles. The predicted octanol–water partition coefficient (Wildman–Crippen LogP) is 1.66. The molecule has 21 heavy (non-hydrogen) atoms. The summed E-state index contributed by atoms with van der Waals surface area (Å²) in [5.41, 5.74) is -1.15. The topological polar surface area (TPSA) is 81.7 Å². The minimum atomic E-state index is -1.09. The fraction of sp³-hybridized carbons (Fsp3) is 0.867. The predicted molar refractivity (Wildman–Crippen MR) is 82.3 cm³/mol. The molecule has 6 heteroatoms. The van der Waals surface area contributed by atoms with E-state index in [0.29, 0.717) is 19.4 Å². The fourth-order valence-electron chi connectivity index (χ4n) is 3.04. The Balaban J connectivity index is 2.53. The molecule has 0 aromatic carbocycles. The Labute approximate surface area is 127 Å². The average Bonchev–Trinajstić information content (AvgIpc) is 2.36. The molecular weight excluding hydrogens is 270 g/mol. The number of hydrogen-bond donors (Lipinski definition) is 3. The first-order chi connectivity index (χ1) is 9.67. The average molecular weight is 299 g/mol. The molecular formula is C15H29N3O3. The van der Waals surface area contributed by atoms with Crippen molar-refractivity contribution < 1.29 is 14.7 Å². The Morgan fingerprint density at radius 1 is 1.19 bits per heavy atom. The van der Waals surface area contributed by atoms with Crippen molar-refractivity contribution in [3.05, 3.63) is 0 Å². The lowest BCUT2D eigenvalue weighted by molar-refractivity contribution is -0.145. The number of rotatable bonds is 6. The van der Waals surface area contributed by atoms with Crippen molar-refractivity contribution in [2.45, 2.75) is 51.5 Å². The monoisotopic (exact) mass is 299 g/mol. The Bertz CT molecular complexity index is 374. The van der Waals surface area contributed by atoms with Gasteiger partial charge in [-0.3, -0.25) is 0 Å². The van der Waals surface area contributed by atoms with Gasteiger partial charge >= 0.3 is 12.0 Å². The number of carboxylic acids is 1. The molecule has 1 saturated carbocycles. The Kier molecular flexibility index (Phi) is 6.01. The highest BCUT2D eigenvalue weighted by Gasteiger charge is 2.41. The van der Waals surface area contributed by atoms with Gasteiger partial charge in [-0.05, 0) is 32.4 Å². The number of carboxylic acid groups (broad SMARTS) is 1. The van der Waals surface area contributed by atoms with E-state index < -0.39 is 11.5 Å². The molecule has 1 aliphatic rings. The van der Waals surface area contributed by atoms with E-state index in [1.54, 1.807) is 0 Å². The lowest BCUT2D eigenvalue weighted by atomic mass is 9.82. The molecule has 0 spiro atoms. The number of carbonyl (C=O) groups excluding carboxylic acids is 1. The zero-order chi connectivity index (χ0) is 16.1. The summed E-state index contributed by atoms with van der Waals surface area (Å²) in [5.74, 6) is -0.926. The number of aliphatic carboxylic acids is 1. The second-order valence-corrected chi connectivity index (χ2v) is 7.16. The van der Waals surface area contributed by atoms with Crippen LogP contribution in [0.15, 0.2) is 0 Å². The van der Waals surface area contributed by atoms with E-state index in [1.807, 2.05) is 14.1 Å². The van der Waals surface area contributed by atoms with Crippen LogP contribution in [-0.4, -0.2) is 54.7 Å². The quantitative estimate of drug-likeness (QED) is 0.696. The molecule has 0 aromatic rings. The zero-order valence-electron chi connectivity index (χ0n) is 13.7. The van der Waals surface area contributed by atoms with Crippen molar-refractivity contribution in [2.24, 2.45) is 5.41 Å². The Morgan fingerprint density at radius 3 is 2.24 bits per heavy atom. The molecule has 0 aliphatic heterocycles. The van der Waals surface area contributed by atoms with E-state index >= 15 is 0 Å². The minimum absolute atomic E-state index is 0.0657. The Morgan fingerprint density at radius 2 is 1.76 bits per heavy atom. The molecule has 0 heterocycles. The summed E-state index contributed by atoms with van der Waals surface area (Å²) in [6.45, 7) is 5.49. The third-order valence-corrected chi connectivity index (χ3v) is 3.94. The van der Waals surface area contributed by atoms with Gasteiger partial charge in [0.05, 0.1) is 0 Å². The van der Waals surface area contributed by atoms with Crippen LogP contribution in [0.3, 0.4) is 0 Å². The van der Waals surface area contributed by atoms with Crippen LogP contribution in [0, 0.1) is 5.41 Å². The van der Waals surface area contributed by atoms with Gasteiger partial charge in [0.15, 0.2) is 0 Å². The summed E-state index contributed by atoms with van der Waals surface area (Å²) >= 11 is 0. The molecule has 1 aliphatic carbocycles. The third kappa shape index (κ3) is 5.53. The van der Waals surface area contributed by atoms with Gasteiger partial charge in [0, 0.05) is 13.1 Å². The van der Waals surface area contributed by atoms with Gasteiger partial charge in [-0.25, -0.2) is 9.59 Å². The highest BCUT2D eigenvalue weighted by atomic mass is 16.4. The van der Waals surface area contributed by atoms with Crippen LogP contribution >= 0.6 is 0 Å². The molecule has 122 valence electrons. The second-order valence-electron chi connectivity index (χ2n) is 7.16. The van der Waals surface area contributed by atoms with Gasteiger partial charge in [0.2, 0.25) is 0 Å². The second kappa shape index (κ2) is 7.11. The van der Waals surface area contributed by atoms with E-state index in [-0.39, 0.29) is 11.4 Å². The molecule has 3 N–H and O–H groups in total. The van der Waals surface area contributed by atoms with Crippen molar-refractivity contribution in [3.8, 4) is 0 Å². The van der Waals surface area contributed by atoms with Crippen LogP contribution < -0.4 is 10.6 Å². The number of amides is 2. The van der Waals surface area contributed by atoms with Crippen molar-refractivity contribution in [3.63, 3.8) is 0 Å². The standard InChI is InChI=1S/C15H29N3O3/c1-14(2,11-18(3)4)10-16-13(21)17-15(12(19)20)8-6-5-7-9-15/h5-11H2,1-4H3,(H,19,20)(H2,16,17,21). The maximum Gasteiger partial charge on any atom is 0.329 e. The van der Waals surface area contributed by atoms with E-state index in [4.69, 9.17) is 0 Å². The first-order valence-electron chi connectivity index (χ1n) is 7.61. The summed E-state index contributed by atoms with van der Waals surface area (Å²) < 4.78 is 0. The van der Waals surface area contributed by atoms with Gasteiger partial charge in [-0.2, -0.15) is 0 Å². The van der Waals surface area contributed by atoms with Crippen LogP contribution in [-0.2, 0) is 4.79 Å². The summed E-state index contributed by atoms with van der Waals surface area (Å²) in [4.78, 5) is 25.6. The highest BCUT2D eigenvalue weighted by molar-refractivity contribution is 5.86. The number of hydrogen-bond acceptors (Lipinski definition) is 3. The smallest absolute Gasteiger partial charge is 0.329 e. The van der Waals surface area contributed by atoms with Gasteiger partial charge < -0.3 is 20.6 Å². The minimum Gasteiger partial charge on any atom is -0.480 e. The Hall–Kier alpha value is -1.30. The third-order valence-electron chi connectivity index (χ3n) is 3.94. The lowest BCUT2D eigenvalue weighted by Gasteiger charge is -2.35. The summed E-state index contributed by atoms with van der Waals surface area (Å²) in [5, 5.41) is 14.9.